The third-order valence-corrected chi connectivity index (χ3v) is 4.86. The SMILES string of the molecule is COCCOCC(=O)NC1CCN(C(=O)c2ccccc2I)CC1. The summed E-state index contributed by atoms with van der Waals surface area (Å²) in [5.74, 6) is -0.0545. The van der Waals surface area contributed by atoms with Crippen molar-refractivity contribution in [2.45, 2.75) is 18.9 Å². The first-order chi connectivity index (χ1) is 11.6. The van der Waals surface area contributed by atoms with Crippen LogP contribution in [0.5, 0.6) is 0 Å². The molecule has 0 saturated carbocycles. The highest BCUT2D eigenvalue weighted by molar-refractivity contribution is 14.1. The molecule has 0 unspecified atom stereocenters. The summed E-state index contributed by atoms with van der Waals surface area (Å²) in [5, 5.41) is 2.96. The van der Waals surface area contributed by atoms with Gasteiger partial charge in [-0.2, -0.15) is 0 Å². The van der Waals surface area contributed by atoms with Crippen LogP contribution in [0.15, 0.2) is 24.3 Å². The fraction of sp³-hybridized carbons (Fsp3) is 0.529. The molecule has 0 radical (unpaired) electrons. The average Bonchev–Trinajstić information content (AvgIpc) is 2.59. The zero-order chi connectivity index (χ0) is 17.4. The third kappa shape index (κ3) is 5.71. The number of halogens is 1. The van der Waals surface area contributed by atoms with Crippen molar-refractivity contribution in [3.8, 4) is 0 Å². The lowest BCUT2D eigenvalue weighted by atomic mass is 10.0. The van der Waals surface area contributed by atoms with E-state index >= 15 is 0 Å². The van der Waals surface area contributed by atoms with E-state index < -0.39 is 0 Å². The number of amides is 2. The number of carbonyl (C=O) groups excluding carboxylic acids is 2. The Balaban J connectivity index is 1.74. The Morgan fingerprint density at radius 1 is 1.25 bits per heavy atom. The Morgan fingerprint density at radius 3 is 2.62 bits per heavy atom. The van der Waals surface area contributed by atoms with Gasteiger partial charge in [0.15, 0.2) is 0 Å². The number of nitrogens with one attached hydrogen (secondary N) is 1. The van der Waals surface area contributed by atoms with E-state index in [0.29, 0.717) is 26.3 Å². The molecule has 1 N–H and O–H groups in total. The molecule has 1 fully saturated rings. The van der Waals surface area contributed by atoms with Gasteiger partial charge in [-0.25, -0.2) is 0 Å². The van der Waals surface area contributed by atoms with Crippen LogP contribution in [-0.2, 0) is 14.3 Å². The molecule has 7 heteroatoms. The van der Waals surface area contributed by atoms with Crippen molar-refractivity contribution in [3.05, 3.63) is 33.4 Å². The van der Waals surface area contributed by atoms with E-state index in [4.69, 9.17) is 9.47 Å². The van der Waals surface area contributed by atoms with Crippen LogP contribution in [0, 0.1) is 3.57 Å². The zero-order valence-corrected chi connectivity index (χ0v) is 16.0. The quantitative estimate of drug-likeness (QED) is 0.512. The molecule has 0 spiro atoms. The molecule has 0 bridgehead atoms. The molecule has 1 aromatic carbocycles. The number of hydrogen-bond donors (Lipinski definition) is 1. The first kappa shape index (κ1) is 19.1. The molecule has 0 aliphatic carbocycles. The Hall–Kier alpha value is -1.19. The highest BCUT2D eigenvalue weighted by Gasteiger charge is 2.25. The minimum absolute atomic E-state index is 0.0463. The lowest BCUT2D eigenvalue weighted by Crippen LogP contribution is -2.47. The topological polar surface area (TPSA) is 67.9 Å². The van der Waals surface area contributed by atoms with Crippen LogP contribution in [0.4, 0.5) is 0 Å². The molecule has 2 rings (SSSR count). The number of benzene rings is 1. The summed E-state index contributed by atoms with van der Waals surface area (Å²) in [6.07, 6.45) is 1.53. The average molecular weight is 446 g/mol. The van der Waals surface area contributed by atoms with E-state index in [0.717, 1.165) is 22.0 Å². The standard InChI is InChI=1S/C17H23IN2O4/c1-23-10-11-24-12-16(21)19-13-6-8-20(9-7-13)17(22)14-4-2-3-5-15(14)18/h2-5,13H,6-12H2,1H3,(H,19,21). The number of nitrogens with zero attached hydrogens (tertiary/aromatic N) is 1. The largest absolute Gasteiger partial charge is 0.382 e. The molecule has 1 aliphatic heterocycles. The summed E-state index contributed by atoms with van der Waals surface area (Å²) in [6, 6.07) is 7.70. The number of likely N-dealkylation sites (tertiary alicyclic amines) is 1. The van der Waals surface area contributed by atoms with Gasteiger partial charge in [0.2, 0.25) is 5.91 Å². The molecular weight excluding hydrogens is 423 g/mol. The van der Waals surface area contributed by atoms with Crippen molar-refractivity contribution in [2.75, 3.05) is 40.0 Å². The number of methoxy groups -OCH3 is 1. The minimum atomic E-state index is -0.117. The van der Waals surface area contributed by atoms with Crippen molar-refractivity contribution in [3.63, 3.8) is 0 Å². The number of rotatable bonds is 7. The second kappa shape index (κ2) is 9.95. The monoisotopic (exact) mass is 446 g/mol. The van der Waals surface area contributed by atoms with Crippen LogP contribution in [0.2, 0.25) is 0 Å². The fourth-order valence-corrected chi connectivity index (χ4v) is 3.23. The Bertz CT molecular complexity index is 559. The van der Waals surface area contributed by atoms with Crippen molar-refractivity contribution >= 4 is 34.4 Å². The van der Waals surface area contributed by atoms with Gasteiger partial charge < -0.3 is 19.7 Å². The van der Waals surface area contributed by atoms with E-state index in [-0.39, 0.29) is 24.5 Å². The van der Waals surface area contributed by atoms with E-state index in [1.165, 1.54) is 0 Å². The van der Waals surface area contributed by atoms with Gasteiger partial charge >= 0.3 is 0 Å². The second-order valence-corrected chi connectivity index (χ2v) is 6.82. The van der Waals surface area contributed by atoms with Crippen LogP contribution >= 0.6 is 22.6 Å². The predicted octanol–water partition coefficient (Wildman–Crippen LogP) is 1.68. The van der Waals surface area contributed by atoms with Crippen LogP contribution in [0.1, 0.15) is 23.2 Å². The van der Waals surface area contributed by atoms with Crippen molar-refractivity contribution in [1.82, 2.24) is 10.2 Å². The maximum absolute atomic E-state index is 12.6. The summed E-state index contributed by atoms with van der Waals surface area (Å²) in [6.45, 7) is 2.24. The van der Waals surface area contributed by atoms with E-state index in [9.17, 15) is 9.59 Å². The normalized spacial score (nSPS) is 15.3. The lowest BCUT2D eigenvalue weighted by Gasteiger charge is -2.32. The van der Waals surface area contributed by atoms with E-state index in [1.54, 1.807) is 7.11 Å². The van der Waals surface area contributed by atoms with E-state index in [1.807, 2.05) is 29.2 Å². The highest BCUT2D eigenvalue weighted by Crippen LogP contribution is 2.18. The molecule has 1 aromatic rings. The van der Waals surface area contributed by atoms with Crippen LogP contribution in [0.3, 0.4) is 0 Å². The van der Waals surface area contributed by atoms with Crippen LogP contribution in [0.25, 0.3) is 0 Å². The van der Waals surface area contributed by atoms with Gasteiger partial charge in [-0.1, -0.05) is 12.1 Å². The van der Waals surface area contributed by atoms with Crippen LogP contribution in [-0.4, -0.2) is 62.8 Å². The smallest absolute Gasteiger partial charge is 0.254 e. The Kier molecular flexibility index (Phi) is 7.93. The number of carbonyl (C=O) groups is 2. The molecule has 6 nitrogen and oxygen atoms in total. The van der Waals surface area contributed by atoms with Crippen LogP contribution < -0.4 is 5.32 Å². The molecule has 1 aliphatic rings. The number of piperidine rings is 1. The Labute approximate surface area is 156 Å². The minimum Gasteiger partial charge on any atom is -0.382 e. The first-order valence-electron chi connectivity index (χ1n) is 8.01. The molecule has 0 aromatic heterocycles. The Morgan fingerprint density at radius 2 is 1.96 bits per heavy atom. The third-order valence-electron chi connectivity index (χ3n) is 3.92. The first-order valence-corrected chi connectivity index (χ1v) is 9.09. The number of hydrogen-bond acceptors (Lipinski definition) is 4. The van der Waals surface area contributed by atoms with Gasteiger partial charge in [0.05, 0.1) is 18.8 Å². The molecular formula is C17H23IN2O4. The van der Waals surface area contributed by atoms with Gasteiger partial charge in [-0.3, -0.25) is 9.59 Å². The maximum atomic E-state index is 12.6. The molecule has 2 amide bonds. The molecule has 24 heavy (non-hydrogen) atoms. The zero-order valence-electron chi connectivity index (χ0n) is 13.8. The van der Waals surface area contributed by atoms with Crippen molar-refractivity contribution in [2.24, 2.45) is 0 Å². The summed E-state index contributed by atoms with van der Waals surface area (Å²) in [5.41, 5.74) is 0.743. The van der Waals surface area contributed by atoms with Gasteiger partial charge in [0.25, 0.3) is 5.91 Å². The number of ether oxygens (including phenoxy) is 2. The van der Waals surface area contributed by atoms with Crippen molar-refractivity contribution < 1.29 is 19.1 Å². The van der Waals surface area contributed by atoms with E-state index in [2.05, 4.69) is 27.9 Å². The maximum Gasteiger partial charge on any atom is 0.254 e. The van der Waals surface area contributed by atoms with Gasteiger partial charge in [0, 0.05) is 29.8 Å². The molecule has 0 atom stereocenters. The van der Waals surface area contributed by atoms with Gasteiger partial charge in [-0.15, -0.1) is 0 Å². The highest BCUT2D eigenvalue weighted by atomic mass is 127. The summed E-state index contributed by atoms with van der Waals surface area (Å²) in [7, 11) is 1.59. The molecule has 1 heterocycles. The summed E-state index contributed by atoms with van der Waals surface area (Å²) < 4.78 is 11.0. The molecule has 1 saturated heterocycles. The predicted molar refractivity (Wildman–Crippen MR) is 98.9 cm³/mol. The lowest BCUT2D eigenvalue weighted by molar-refractivity contribution is -0.127. The summed E-state index contributed by atoms with van der Waals surface area (Å²) >= 11 is 2.18. The van der Waals surface area contributed by atoms with Gasteiger partial charge in [-0.05, 0) is 47.6 Å². The second-order valence-electron chi connectivity index (χ2n) is 5.66. The summed E-state index contributed by atoms with van der Waals surface area (Å²) in [4.78, 5) is 26.2. The van der Waals surface area contributed by atoms with Gasteiger partial charge in [0.1, 0.15) is 6.61 Å². The van der Waals surface area contributed by atoms with Crippen molar-refractivity contribution in [1.29, 1.82) is 0 Å². The molecule has 132 valence electrons. The fourth-order valence-electron chi connectivity index (χ4n) is 2.61.